The van der Waals surface area contributed by atoms with Crippen molar-refractivity contribution in [3.8, 4) is 5.75 Å². The molecule has 0 radical (unpaired) electrons. The number of nitrogens with zero attached hydrogens (tertiary/aromatic N) is 2. The van der Waals surface area contributed by atoms with E-state index >= 15 is 0 Å². The first-order valence-corrected chi connectivity index (χ1v) is 11.7. The van der Waals surface area contributed by atoms with E-state index in [1.807, 2.05) is 24.3 Å². The van der Waals surface area contributed by atoms with Gasteiger partial charge >= 0.3 is 0 Å². The molecule has 4 rings (SSSR count). The molecule has 0 bridgehead atoms. The Morgan fingerprint density at radius 2 is 1.36 bits per heavy atom. The molecule has 3 aromatic carbocycles. The second kappa shape index (κ2) is 12.0. The summed E-state index contributed by atoms with van der Waals surface area (Å²) in [6, 6.07) is 29.5. The molecule has 1 aliphatic rings. The molecule has 0 amide bonds. The number of benzene rings is 3. The lowest BCUT2D eigenvalue weighted by atomic mass is 9.96. The summed E-state index contributed by atoms with van der Waals surface area (Å²) in [5, 5.41) is 10.5. The van der Waals surface area contributed by atoms with E-state index in [9.17, 15) is 5.11 Å². The Bertz CT molecular complexity index is 902. The van der Waals surface area contributed by atoms with Gasteiger partial charge < -0.3 is 14.6 Å². The number of hydrogen-bond acceptors (Lipinski definition) is 5. The molecule has 5 heteroatoms. The van der Waals surface area contributed by atoms with Crippen LogP contribution in [0.2, 0.25) is 0 Å². The lowest BCUT2D eigenvalue weighted by molar-refractivity contribution is -0.000714. The second-order valence-corrected chi connectivity index (χ2v) is 8.58. The first-order chi connectivity index (χ1) is 16.2. The number of ether oxygens (including phenoxy) is 2. The Morgan fingerprint density at radius 1 is 0.788 bits per heavy atom. The Hall–Kier alpha value is -2.70. The van der Waals surface area contributed by atoms with Gasteiger partial charge in [0.1, 0.15) is 5.75 Å². The zero-order valence-electron chi connectivity index (χ0n) is 19.3. The molecule has 1 heterocycles. The molecule has 0 aromatic heterocycles. The molecule has 0 aliphatic carbocycles. The van der Waals surface area contributed by atoms with Crippen LogP contribution in [0.25, 0.3) is 0 Å². The van der Waals surface area contributed by atoms with Gasteiger partial charge in [-0.3, -0.25) is 9.80 Å². The normalized spacial score (nSPS) is 16.1. The molecule has 0 spiro atoms. The molecular formula is C28H34N2O3. The molecule has 1 aliphatic heterocycles. The lowest BCUT2D eigenvalue weighted by Crippen LogP contribution is -2.50. The summed E-state index contributed by atoms with van der Waals surface area (Å²) in [7, 11) is 1.66. The van der Waals surface area contributed by atoms with E-state index in [-0.39, 0.29) is 6.04 Å². The highest BCUT2D eigenvalue weighted by Gasteiger charge is 2.27. The summed E-state index contributed by atoms with van der Waals surface area (Å²) in [5.74, 6) is 0.833. The van der Waals surface area contributed by atoms with Gasteiger partial charge in [-0.15, -0.1) is 0 Å². The Labute approximate surface area is 197 Å². The summed E-state index contributed by atoms with van der Waals surface area (Å²) < 4.78 is 10.9. The zero-order chi connectivity index (χ0) is 22.9. The summed E-state index contributed by atoms with van der Waals surface area (Å²) in [6.07, 6.45) is -0.492. The van der Waals surface area contributed by atoms with Crippen molar-refractivity contribution in [1.29, 1.82) is 0 Å². The quantitative estimate of drug-likeness (QED) is 0.510. The van der Waals surface area contributed by atoms with Crippen molar-refractivity contribution in [3.05, 3.63) is 102 Å². The molecule has 0 saturated carbocycles. The first kappa shape index (κ1) is 23.5. The summed E-state index contributed by atoms with van der Waals surface area (Å²) in [6.45, 7) is 5.27. The van der Waals surface area contributed by atoms with Crippen LogP contribution in [0, 0.1) is 0 Å². The maximum Gasteiger partial charge on any atom is 0.118 e. The van der Waals surface area contributed by atoms with Gasteiger partial charge in [-0.1, -0.05) is 72.8 Å². The van der Waals surface area contributed by atoms with Crippen molar-refractivity contribution in [2.75, 3.05) is 46.4 Å². The molecule has 33 heavy (non-hydrogen) atoms. The van der Waals surface area contributed by atoms with Crippen molar-refractivity contribution < 1.29 is 14.6 Å². The van der Waals surface area contributed by atoms with Crippen molar-refractivity contribution in [1.82, 2.24) is 9.80 Å². The van der Waals surface area contributed by atoms with E-state index < -0.39 is 6.10 Å². The Morgan fingerprint density at radius 3 is 1.91 bits per heavy atom. The highest BCUT2D eigenvalue weighted by molar-refractivity contribution is 5.32. The van der Waals surface area contributed by atoms with Gasteiger partial charge in [-0.25, -0.2) is 0 Å². The Balaban J connectivity index is 1.26. The number of aliphatic hydroxyl groups is 1. The van der Waals surface area contributed by atoms with E-state index in [0.717, 1.165) is 37.5 Å². The van der Waals surface area contributed by atoms with Crippen LogP contribution in [0.1, 0.15) is 22.7 Å². The molecule has 1 saturated heterocycles. The van der Waals surface area contributed by atoms with Crippen LogP contribution >= 0.6 is 0 Å². The van der Waals surface area contributed by atoms with Crippen LogP contribution in [0.3, 0.4) is 0 Å². The number of β-amino-alcohol motifs (C(OH)–C–C–N with tert-alkyl or cyclic N) is 1. The van der Waals surface area contributed by atoms with Crippen molar-refractivity contribution in [3.63, 3.8) is 0 Å². The second-order valence-electron chi connectivity index (χ2n) is 8.58. The lowest BCUT2D eigenvalue weighted by Gasteiger charge is -2.40. The third kappa shape index (κ3) is 6.65. The number of aliphatic hydroxyl groups excluding tert-OH is 1. The third-order valence-corrected chi connectivity index (χ3v) is 6.21. The average molecular weight is 447 g/mol. The molecule has 0 unspecified atom stereocenters. The van der Waals surface area contributed by atoms with Crippen LogP contribution in [-0.4, -0.2) is 67.5 Å². The predicted molar refractivity (Wildman–Crippen MR) is 131 cm³/mol. The van der Waals surface area contributed by atoms with E-state index in [1.54, 1.807) is 7.11 Å². The van der Waals surface area contributed by atoms with Crippen LogP contribution in [0.5, 0.6) is 5.75 Å². The maximum atomic E-state index is 10.5. The van der Waals surface area contributed by atoms with Crippen molar-refractivity contribution in [2.24, 2.45) is 0 Å². The highest BCUT2D eigenvalue weighted by atomic mass is 16.5. The fraction of sp³-hybridized carbons (Fsp3) is 0.357. The topological polar surface area (TPSA) is 45.2 Å². The molecule has 1 fully saturated rings. The fourth-order valence-corrected chi connectivity index (χ4v) is 4.47. The van der Waals surface area contributed by atoms with Crippen LogP contribution in [0.4, 0.5) is 0 Å². The summed E-state index contributed by atoms with van der Waals surface area (Å²) in [4.78, 5) is 4.89. The van der Waals surface area contributed by atoms with E-state index in [4.69, 9.17) is 9.47 Å². The average Bonchev–Trinajstić information content (AvgIpc) is 2.87. The summed E-state index contributed by atoms with van der Waals surface area (Å²) >= 11 is 0. The van der Waals surface area contributed by atoms with Gasteiger partial charge in [0, 0.05) is 32.7 Å². The number of piperazine rings is 1. The highest BCUT2D eigenvalue weighted by Crippen LogP contribution is 2.29. The molecule has 1 atom stereocenters. The molecule has 1 N–H and O–H groups in total. The maximum absolute atomic E-state index is 10.5. The summed E-state index contributed by atoms with van der Waals surface area (Å²) in [5.41, 5.74) is 3.72. The SMILES string of the molecule is COc1ccc(COC[C@@H](O)CN2CCN(C(c3ccccc3)c3ccccc3)CC2)cc1. The molecular weight excluding hydrogens is 412 g/mol. The fourth-order valence-electron chi connectivity index (χ4n) is 4.47. The molecule has 174 valence electrons. The third-order valence-electron chi connectivity index (χ3n) is 6.21. The van der Waals surface area contributed by atoms with Gasteiger partial charge in [0.05, 0.1) is 32.5 Å². The van der Waals surface area contributed by atoms with Gasteiger partial charge in [0.25, 0.3) is 0 Å². The van der Waals surface area contributed by atoms with Crippen LogP contribution < -0.4 is 4.74 Å². The van der Waals surface area contributed by atoms with Crippen molar-refractivity contribution >= 4 is 0 Å². The van der Waals surface area contributed by atoms with Gasteiger partial charge in [-0.2, -0.15) is 0 Å². The van der Waals surface area contributed by atoms with E-state index in [2.05, 4.69) is 70.5 Å². The predicted octanol–water partition coefficient (Wildman–Crippen LogP) is 3.98. The van der Waals surface area contributed by atoms with Gasteiger partial charge in [0.15, 0.2) is 0 Å². The minimum atomic E-state index is -0.492. The van der Waals surface area contributed by atoms with E-state index in [1.165, 1.54) is 11.1 Å². The van der Waals surface area contributed by atoms with E-state index in [0.29, 0.717) is 19.8 Å². The molecule has 3 aromatic rings. The largest absolute Gasteiger partial charge is 0.497 e. The van der Waals surface area contributed by atoms with Crippen LogP contribution in [0.15, 0.2) is 84.9 Å². The van der Waals surface area contributed by atoms with Gasteiger partial charge in [0.2, 0.25) is 0 Å². The monoisotopic (exact) mass is 446 g/mol. The molecule has 5 nitrogen and oxygen atoms in total. The first-order valence-electron chi connectivity index (χ1n) is 11.7. The Kier molecular flexibility index (Phi) is 8.50. The van der Waals surface area contributed by atoms with Gasteiger partial charge in [-0.05, 0) is 28.8 Å². The number of hydrogen-bond donors (Lipinski definition) is 1. The minimum Gasteiger partial charge on any atom is -0.497 e. The zero-order valence-corrected chi connectivity index (χ0v) is 19.3. The number of rotatable bonds is 10. The standard InChI is InChI=1S/C28H34N2O3/c1-32-27-14-12-23(13-15-27)21-33-22-26(31)20-29-16-18-30(19-17-29)28(24-8-4-2-5-9-24)25-10-6-3-7-11-25/h2-15,26,28,31H,16-22H2,1H3/t26-/m0/s1. The van der Waals surface area contributed by atoms with Crippen molar-refractivity contribution in [2.45, 2.75) is 18.8 Å². The number of methoxy groups -OCH3 is 1. The smallest absolute Gasteiger partial charge is 0.118 e. The minimum absolute atomic E-state index is 0.257. The van der Waals surface area contributed by atoms with Crippen LogP contribution in [-0.2, 0) is 11.3 Å².